The van der Waals surface area contributed by atoms with Crippen molar-refractivity contribution in [2.24, 2.45) is 29.6 Å². The van der Waals surface area contributed by atoms with E-state index in [-0.39, 0.29) is 24.2 Å². The smallest absolute Gasteiger partial charge is 0.106 e. The van der Waals surface area contributed by atoms with Gasteiger partial charge in [0.1, 0.15) is 18.5 Å². The minimum atomic E-state index is -1.18. The van der Waals surface area contributed by atoms with Crippen molar-refractivity contribution in [3.8, 4) is 0 Å². The van der Waals surface area contributed by atoms with E-state index in [1.54, 1.807) is 6.92 Å². The van der Waals surface area contributed by atoms with Gasteiger partial charge in [0.15, 0.2) is 0 Å². The molecule has 8 atom stereocenters. The van der Waals surface area contributed by atoms with E-state index in [0.717, 1.165) is 12.8 Å². The molecule has 3 heteroatoms. The highest BCUT2D eigenvalue weighted by molar-refractivity contribution is 4.78. The maximum Gasteiger partial charge on any atom is 0.106 e. The molecule has 0 saturated carbocycles. The Morgan fingerprint density at radius 2 is 1.13 bits per heavy atom. The summed E-state index contributed by atoms with van der Waals surface area (Å²) in [6, 6.07) is 0. The zero-order chi connectivity index (χ0) is 18.2. The van der Waals surface area contributed by atoms with E-state index in [2.05, 4.69) is 20.8 Å². The fraction of sp³-hybridized carbons (Fsp3) is 1.00. The quantitative estimate of drug-likeness (QED) is 0.354. The lowest BCUT2D eigenvalue weighted by atomic mass is 9.79. The third-order valence-corrected chi connectivity index (χ3v) is 5.89. The third-order valence-electron chi connectivity index (χ3n) is 5.89. The van der Waals surface area contributed by atoms with Gasteiger partial charge in [-0.3, -0.25) is 0 Å². The number of halogens is 3. The third kappa shape index (κ3) is 9.00. The molecule has 0 aromatic heterocycles. The molecule has 140 valence electrons. The molecule has 0 aromatic rings. The molecule has 0 heterocycles. The molecule has 0 fully saturated rings. The predicted octanol–water partition coefficient (Wildman–Crippen LogP) is 7.17. The van der Waals surface area contributed by atoms with E-state index in [4.69, 9.17) is 0 Å². The number of hydrogen-bond acceptors (Lipinski definition) is 0. The zero-order valence-electron chi connectivity index (χ0n) is 16.3. The first-order valence-electron chi connectivity index (χ1n) is 9.52. The second-order valence-corrected chi connectivity index (χ2v) is 8.05. The van der Waals surface area contributed by atoms with E-state index in [0.29, 0.717) is 18.3 Å². The van der Waals surface area contributed by atoms with Gasteiger partial charge in [0.2, 0.25) is 0 Å². The van der Waals surface area contributed by atoms with Crippen molar-refractivity contribution in [1.29, 1.82) is 0 Å². The highest BCUT2D eigenvalue weighted by Crippen LogP contribution is 2.32. The molecule has 0 aliphatic carbocycles. The highest BCUT2D eigenvalue weighted by Gasteiger charge is 2.29. The van der Waals surface area contributed by atoms with Crippen LogP contribution in [0.1, 0.15) is 80.6 Å². The van der Waals surface area contributed by atoms with Crippen molar-refractivity contribution in [2.45, 2.75) is 99.1 Å². The molecular weight excluding hydrogens is 297 g/mol. The van der Waals surface area contributed by atoms with Gasteiger partial charge in [-0.1, -0.05) is 60.8 Å². The van der Waals surface area contributed by atoms with Gasteiger partial charge in [-0.25, -0.2) is 13.2 Å². The highest BCUT2D eigenvalue weighted by atomic mass is 19.1. The first kappa shape index (κ1) is 22.8. The van der Waals surface area contributed by atoms with Crippen LogP contribution in [0.15, 0.2) is 0 Å². The fourth-order valence-corrected chi connectivity index (χ4v) is 3.04. The summed E-state index contributed by atoms with van der Waals surface area (Å²) in [7, 11) is 0. The van der Waals surface area contributed by atoms with Crippen LogP contribution < -0.4 is 0 Å². The number of alkyl halides is 3. The first-order chi connectivity index (χ1) is 10.6. The average Bonchev–Trinajstić information content (AvgIpc) is 2.49. The summed E-state index contributed by atoms with van der Waals surface area (Å²) in [6.45, 7) is 13.6. The molecule has 0 aliphatic rings. The molecule has 0 amide bonds. The molecule has 0 nitrogen and oxygen atoms in total. The van der Waals surface area contributed by atoms with Crippen LogP contribution in [0.2, 0.25) is 0 Å². The number of rotatable bonds is 12. The Kier molecular flexibility index (Phi) is 11.3. The molecule has 0 aliphatic heterocycles. The van der Waals surface area contributed by atoms with Crippen LogP contribution in [0.25, 0.3) is 0 Å². The van der Waals surface area contributed by atoms with Gasteiger partial charge in [0.05, 0.1) is 0 Å². The van der Waals surface area contributed by atoms with Crippen molar-refractivity contribution in [1.82, 2.24) is 0 Å². The Hall–Kier alpha value is -0.210. The number of hydrogen-bond donors (Lipinski definition) is 0. The summed E-state index contributed by atoms with van der Waals surface area (Å²) in [5, 5.41) is 0. The molecule has 0 spiro atoms. The van der Waals surface area contributed by atoms with Crippen molar-refractivity contribution in [3.05, 3.63) is 0 Å². The summed E-state index contributed by atoms with van der Waals surface area (Å²) >= 11 is 0. The van der Waals surface area contributed by atoms with E-state index in [9.17, 15) is 13.2 Å². The molecule has 0 radical (unpaired) electrons. The SMILES string of the molecule is CCC(C)CCC(C)C(C)C(F)CC(C)C(C)C(F)CC(C)F. The summed E-state index contributed by atoms with van der Waals surface area (Å²) in [4.78, 5) is 0. The van der Waals surface area contributed by atoms with Crippen molar-refractivity contribution >= 4 is 0 Å². The fourth-order valence-electron chi connectivity index (χ4n) is 3.04. The van der Waals surface area contributed by atoms with Gasteiger partial charge in [-0.05, 0) is 42.9 Å². The molecule has 0 N–H and O–H groups in total. The molecule has 0 bridgehead atoms. The van der Waals surface area contributed by atoms with Gasteiger partial charge in [-0.2, -0.15) is 0 Å². The van der Waals surface area contributed by atoms with Crippen LogP contribution in [0, 0.1) is 29.6 Å². The van der Waals surface area contributed by atoms with Crippen LogP contribution in [0.4, 0.5) is 13.2 Å². The molecule has 23 heavy (non-hydrogen) atoms. The van der Waals surface area contributed by atoms with E-state index in [1.807, 2.05) is 13.8 Å². The second-order valence-electron chi connectivity index (χ2n) is 8.05. The molecule has 0 saturated heterocycles. The van der Waals surface area contributed by atoms with Crippen LogP contribution >= 0.6 is 0 Å². The lowest BCUT2D eigenvalue weighted by Gasteiger charge is -2.29. The van der Waals surface area contributed by atoms with Gasteiger partial charge >= 0.3 is 0 Å². The Morgan fingerprint density at radius 1 is 0.652 bits per heavy atom. The van der Waals surface area contributed by atoms with Crippen molar-refractivity contribution < 1.29 is 13.2 Å². The van der Waals surface area contributed by atoms with Gasteiger partial charge < -0.3 is 0 Å². The predicted molar refractivity (Wildman–Crippen MR) is 94.9 cm³/mol. The normalized spacial score (nSPS) is 22.7. The monoisotopic (exact) mass is 336 g/mol. The van der Waals surface area contributed by atoms with Gasteiger partial charge in [-0.15, -0.1) is 0 Å². The molecule has 8 unspecified atom stereocenters. The molecule has 0 aromatic carbocycles. The Morgan fingerprint density at radius 3 is 1.61 bits per heavy atom. The molecule has 0 rings (SSSR count). The maximum absolute atomic E-state index is 14.6. The Bertz CT molecular complexity index is 293. The summed E-state index contributed by atoms with van der Waals surface area (Å²) in [5.41, 5.74) is 0. The summed E-state index contributed by atoms with van der Waals surface area (Å²) in [5.74, 6) is 0.661. The average molecular weight is 337 g/mol. The minimum Gasteiger partial charge on any atom is -0.248 e. The first-order valence-corrected chi connectivity index (χ1v) is 9.52. The van der Waals surface area contributed by atoms with E-state index in [1.165, 1.54) is 13.3 Å². The standard InChI is InChI=1S/C20H39F3/c1-8-13(2)9-10-14(3)17(6)19(22)11-15(4)18(7)20(23)12-16(5)21/h13-20H,8-12H2,1-7H3. The van der Waals surface area contributed by atoms with E-state index < -0.39 is 18.5 Å². The van der Waals surface area contributed by atoms with Crippen molar-refractivity contribution in [3.63, 3.8) is 0 Å². The van der Waals surface area contributed by atoms with Crippen LogP contribution in [-0.4, -0.2) is 18.5 Å². The van der Waals surface area contributed by atoms with Crippen LogP contribution in [0.5, 0.6) is 0 Å². The van der Waals surface area contributed by atoms with Crippen molar-refractivity contribution in [2.75, 3.05) is 0 Å². The summed E-state index contributed by atoms with van der Waals surface area (Å²) in [6.07, 6.45) is 0.415. The lowest BCUT2D eigenvalue weighted by Crippen LogP contribution is -2.28. The Labute approximate surface area is 142 Å². The lowest BCUT2D eigenvalue weighted by molar-refractivity contribution is 0.0979. The Balaban J connectivity index is 4.35. The van der Waals surface area contributed by atoms with E-state index >= 15 is 0 Å². The van der Waals surface area contributed by atoms with Gasteiger partial charge in [0.25, 0.3) is 0 Å². The zero-order valence-corrected chi connectivity index (χ0v) is 16.3. The summed E-state index contributed by atoms with van der Waals surface area (Å²) < 4.78 is 41.5. The maximum atomic E-state index is 14.6. The second kappa shape index (κ2) is 11.4. The largest absolute Gasteiger partial charge is 0.248 e. The minimum absolute atomic E-state index is 0.00753. The van der Waals surface area contributed by atoms with Crippen LogP contribution in [0.3, 0.4) is 0 Å². The van der Waals surface area contributed by atoms with Crippen LogP contribution in [-0.2, 0) is 0 Å². The molecular formula is C20H39F3. The van der Waals surface area contributed by atoms with Gasteiger partial charge in [0, 0.05) is 6.42 Å². The topological polar surface area (TPSA) is 0 Å².